The van der Waals surface area contributed by atoms with Crippen LogP contribution in [0, 0.1) is 0 Å². The molecule has 1 atom stereocenters. The van der Waals surface area contributed by atoms with E-state index in [2.05, 4.69) is 25.6 Å². The molecule has 0 saturated carbocycles. The Bertz CT molecular complexity index is 1140. The van der Waals surface area contributed by atoms with Crippen molar-refractivity contribution in [2.45, 2.75) is 38.7 Å². The minimum absolute atomic E-state index is 0. The Kier molecular flexibility index (Phi) is 12.3. The summed E-state index contributed by atoms with van der Waals surface area (Å²) in [6, 6.07) is 0. The minimum atomic E-state index is -0.619. The third kappa shape index (κ3) is 7.63. The van der Waals surface area contributed by atoms with Crippen LogP contribution in [0.15, 0.2) is 11.1 Å². The van der Waals surface area contributed by atoms with Crippen molar-refractivity contribution in [3.63, 3.8) is 0 Å². The summed E-state index contributed by atoms with van der Waals surface area (Å²) >= 11 is 1.32. The van der Waals surface area contributed by atoms with Crippen molar-refractivity contribution in [1.29, 1.82) is 0 Å². The van der Waals surface area contributed by atoms with E-state index in [-0.39, 0.29) is 102 Å². The molecule has 1 aliphatic heterocycles. The predicted molar refractivity (Wildman–Crippen MR) is 133 cm³/mol. The Morgan fingerprint density at radius 2 is 2.06 bits per heavy atom. The van der Waals surface area contributed by atoms with Crippen molar-refractivity contribution >= 4 is 60.9 Å². The van der Waals surface area contributed by atoms with E-state index >= 15 is 0 Å². The second-order valence-electron chi connectivity index (χ2n) is 7.30. The number of likely N-dealkylation sites (tertiary alicyclic amines) is 1. The molecule has 195 valence electrons. The molecule has 3 radical (unpaired) electrons. The molecule has 36 heavy (non-hydrogen) atoms. The SMILES string of the molecule is C.CSC1CC(=O)N(CCCC(=O)NCC(=O)Nc2nc3c(ncn3COCCO)c(=O)[nH]2)C1=O.[B]. The van der Waals surface area contributed by atoms with E-state index in [0.717, 1.165) is 0 Å². The average Bonchev–Trinajstić information content (AvgIpc) is 3.33. The summed E-state index contributed by atoms with van der Waals surface area (Å²) in [6.07, 6.45) is 3.59. The van der Waals surface area contributed by atoms with Gasteiger partial charge >= 0.3 is 0 Å². The molecule has 1 saturated heterocycles. The number of aromatic amines is 1. The molecule has 2 aromatic rings. The molecule has 4 amide bonds. The number of H-pyrrole nitrogens is 1. The first kappa shape index (κ1) is 30.8. The number of aliphatic hydroxyl groups excluding tert-OH is 1. The Balaban J connectivity index is 0.00000324. The highest BCUT2D eigenvalue weighted by Gasteiger charge is 2.37. The van der Waals surface area contributed by atoms with Gasteiger partial charge in [0.2, 0.25) is 29.6 Å². The molecule has 0 aromatic carbocycles. The molecule has 16 heteroatoms. The van der Waals surface area contributed by atoms with Crippen LogP contribution in [0.1, 0.15) is 26.7 Å². The van der Waals surface area contributed by atoms with Gasteiger partial charge in [-0.3, -0.25) is 43.7 Å². The lowest BCUT2D eigenvalue weighted by atomic mass is 10.3. The number of carbonyl (C=O) groups is 4. The molecule has 0 bridgehead atoms. The number of ether oxygens (including phenoxy) is 1. The number of thioether (sulfide) groups is 1. The van der Waals surface area contributed by atoms with Gasteiger partial charge in [-0.05, 0) is 12.7 Å². The zero-order valence-electron chi connectivity index (χ0n) is 19.0. The van der Waals surface area contributed by atoms with Crippen LogP contribution in [-0.2, 0) is 30.6 Å². The van der Waals surface area contributed by atoms with Crippen LogP contribution in [0.5, 0.6) is 0 Å². The van der Waals surface area contributed by atoms with Crippen LogP contribution in [0.25, 0.3) is 11.2 Å². The van der Waals surface area contributed by atoms with E-state index in [4.69, 9.17) is 9.84 Å². The fourth-order valence-electron chi connectivity index (χ4n) is 3.25. The van der Waals surface area contributed by atoms with Crippen LogP contribution in [0.4, 0.5) is 5.95 Å². The highest BCUT2D eigenvalue weighted by atomic mass is 32.2. The molecule has 3 heterocycles. The van der Waals surface area contributed by atoms with Gasteiger partial charge in [-0.15, -0.1) is 0 Å². The van der Waals surface area contributed by atoms with Crippen LogP contribution in [0.3, 0.4) is 0 Å². The minimum Gasteiger partial charge on any atom is -0.394 e. The van der Waals surface area contributed by atoms with Gasteiger partial charge < -0.3 is 15.2 Å². The molecular weight excluding hydrogens is 493 g/mol. The number of aromatic nitrogens is 4. The van der Waals surface area contributed by atoms with Crippen molar-refractivity contribution < 1.29 is 29.0 Å². The van der Waals surface area contributed by atoms with Gasteiger partial charge in [0.05, 0.1) is 31.3 Å². The van der Waals surface area contributed by atoms with Crippen LogP contribution < -0.4 is 16.2 Å². The van der Waals surface area contributed by atoms with Crippen molar-refractivity contribution in [2.75, 3.05) is 37.9 Å². The van der Waals surface area contributed by atoms with Gasteiger partial charge in [0.15, 0.2) is 11.2 Å². The number of carbonyl (C=O) groups excluding carboxylic acids is 4. The number of fused-ring (bicyclic) bond motifs is 1. The molecule has 1 aliphatic rings. The number of imide groups is 1. The lowest BCUT2D eigenvalue weighted by Gasteiger charge is -2.14. The van der Waals surface area contributed by atoms with E-state index in [1.54, 1.807) is 6.26 Å². The third-order valence-electron chi connectivity index (χ3n) is 4.92. The highest BCUT2D eigenvalue weighted by Crippen LogP contribution is 2.23. The van der Waals surface area contributed by atoms with Gasteiger partial charge in [0.1, 0.15) is 6.73 Å². The molecular formula is C20H29BN7O7S. The number of aliphatic hydroxyl groups is 1. The normalized spacial score (nSPS) is 14.9. The second kappa shape index (κ2) is 14.4. The van der Waals surface area contributed by atoms with Gasteiger partial charge in [0, 0.05) is 27.8 Å². The molecule has 2 aromatic heterocycles. The molecule has 3 rings (SSSR count). The van der Waals surface area contributed by atoms with Crippen molar-refractivity contribution in [2.24, 2.45) is 0 Å². The first-order chi connectivity index (χ1) is 16.3. The molecule has 0 aliphatic carbocycles. The molecule has 0 spiro atoms. The number of anilines is 1. The predicted octanol–water partition coefficient (Wildman–Crippen LogP) is -1.33. The first-order valence-electron chi connectivity index (χ1n) is 10.4. The summed E-state index contributed by atoms with van der Waals surface area (Å²) in [5.74, 6) is -1.66. The Morgan fingerprint density at radius 3 is 2.72 bits per heavy atom. The summed E-state index contributed by atoms with van der Waals surface area (Å²) in [6.45, 7) is -0.288. The van der Waals surface area contributed by atoms with E-state index in [0.29, 0.717) is 0 Å². The summed E-state index contributed by atoms with van der Waals surface area (Å²) in [7, 11) is 0. The number of hydrogen-bond acceptors (Lipinski definition) is 10. The number of nitrogens with zero attached hydrogens (tertiary/aromatic N) is 4. The van der Waals surface area contributed by atoms with E-state index in [1.165, 1.54) is 27.6 Å². The second-order valence-corrected chi connectivity index (χ2v) is 8.34. The maximum atomic E-state index is 12.2. The quantitative estimate of drug-likeness (QED) is 0.148. The third-order valence-corrected chi connectivity index (χ3v) is 5.85. The number of imidazole rings is 1. The average molecular weight is 522 g/mol. The fraction of sp³-hybridized carbons (Fsp3) is 0.550. The number of amides is 4. The Hall–Kier alpha value is -3.24. The first-order valence-corrected chi connectivity index (χ1v) is 11.7. The summed E-state index contributed by atoms with van der Waals surface area (Å²) < 4.78 is 6.63. The largest absolute Gasteiger partial charge is 0.394 e. The number of rotatable bonds is 12. The Morgan fingerprint density at radius 1 is 1.31 bits per heavy atom. The molecule has 1 fully saturated rings. The fourth-order valence-corrected chi connectivity index (χ4v) is 3.89. The lowest BCUT2D eigenvalue weighted by Crippen LogP contribution is -2.35. The molecule has 1 unspecified atom stereocenters. The molecule has 4 N–H and O–H groups in total. The van der Waals surface area contributed by atoms with Gasteiger partial charge in [0.25, 0.3) is 5.56 Å². The zero-order chi connectivity index (χ0) is 24.7. The van der Waals surface area contributed by atoms with Gasteiger partial charge in [-0.1, -0.05) is 7.43 Å². The van der Waals surface area contributed by atoms with Crippen molar-refractivity contribution in [3.8, 4) is 0 Å². The summed E-state index contributed by atoms with van der Waals surface area (Å²) in [5, 5.41) is 13.3. The summed E-state index contributed by atoms with van der Waals surface area (Å²) in [5.41, 5.74) is -0.339. The number of hydrogen-bond donors (Lipinski definition) is 4. The van der Waals surface area contributed by atoms with Gasteiger partial charge in [-0.2, -0.15) is 16.7 Å². The monoisotopic (exact) mass is 522 g/mol. The highest BCUT2D eigenvalue weighted by molar-refractivity contribution is 8.00. The summed E-state index contributed by atoms with van der Waals surface area (Å²) in [4.78, 5) is 72.0. The lowest BCUT2D eigenvalue weighted by molar-refractivity contribution is -0.138. The van der Waals surface area contributed by atoms with Gasteiger partial charge in [-0.25, -0.2) is 4.98 Å². The maximum absolute atomic E-state index is 12.2. The zero-order valence-corrected chi connectivity index (χ0v) is 19.8. The van der Waals surface area contributed by atoms with Crippen LogP contribution in [0.2, 0.25) is 0 Å². The standard InChI is InChI=1S/C19H25N7O7S.CH4.B/c1-34-11-7-14(30)26(18(11)32)4-2-3-12(28)20-8-13(29)22-19-23-16-15(17(31)24-19)21-9-25(16)10-33-6-5-27;;/h9,11,27H,2-8,10H2,1H3,(H,20,28)(H2,22,23,24,29,31);1H4;. The number of nitrogens with one attached hydrogen (secondary N) is 3. The smallest absolute Gasteiger partial charge is 0.280 e. The topological polar surface area (TPSA) is 189 Å². The van der Waals surface area contributed by atoms with Crippen LogP contribution >= 0.6 is 11.8 Å². The van der Waals surface area contributed by atoms with Crippen molar-refractivity contribution in [1.82, 2.24) is 29.7 Å². The van der Waals surface area contributed by atoms with E-state index in [9.17, 15) is 24.0 Å². The van der Waals surface area contributed by atoms with Crippen LogP contribution in [-0.4, -0.2) is 99.4 Å². The van der Waals surface area contributed by atoms with E-state index in [1.807, 2.05) is 0 Å². The molecule has 14 nitrogen and oxygen atoms in total. The van der Waals surface area contributed by atoms with Crippen molar-refractivity contribution in [3.05, 3.63) is 16.7 Å². The Labute approximate surface area is 213 Å². The maximum Gasteiger partial charge on any atom is 0.280 e. The van der Waals surface area contributed by atoms with E-state index < -0.39 is 17.4 Å².